The van der Waals surface area contributed by atoms with E-state index in [0.717, 1.165) is 45.7 Å². The van der Waals surface area contributed by atoms with Gasteiger partial charge in [-0.05, 0) is 12.8 Å². The fraction of sp³-hybridized carbons (Fsp3) is 1.00. The predicted molar refractivity (Wildman–Crippen MR) is 70.3 cm³/mol. The summed E-state index contributed by atoms with van der Waals surface area (Å²) in [5.74, 6) is 0. The summed E-state index contributed by atoms with van der Waals surface area (Å²) in [5, 5.41) is 9.59. The Balaban J connectivity index is 4.34. The summed E-state index contributed by atoms with van der Waals surface area (Å²) in [6.45, 7) is 8.66. The van der Waals surface area contributed by atoms with Gasteiger partial charge in [-0.2, -0.15) is 0 Å². The maximum absolute atomic E-state index is 9.59. The summed E-state index contributed by atoms with van der Waals surface area (Å²) in [6, 6.07) is 0. The first-order valence-electron chi connectivity index (χ1n) is 6.49. The van der Waals surface area contributed by atoms with Crippen LogP contribution in [0.4, 0.5) is 0 Å². The van der Waals surface area contributed by atoms with Crippen LogP contribution in [0.25, 0.3) is 0 Å². The number of aliphatic hydroxyl groups excluding tert-OH is 1. The second-order valence-electron chi connectivity index (χ2n) is 4.63. The van der Waals surface area contributed by atoms with E-state index in [1.165, 1.54) is 0 Å². The maximum atomic E-state index is 9.59. The molecule has 0 saturated carbocycles. The van der Waals surface area contributed by atoms with Crippen LogP contribution in [0.15, 0.2) is 0 Å². The van der Waals surface area contributed by atoms with Gasteiger partial charge in [0.1, 0.15) is 0 Å². The molecule has 0 fully saturated rings. The number of rotatable bonds is 11. The highest BCUT2D eigenvalue weighted by molar-refractivity contribution is 4.80. The molecule has 0 unspecified atom stereocenters. The quantitative estimate of drug-likeness (QED) is 0.599. The minimum Gasteiger partial charge on any atom is -0.396 e. The molecule has 0 bridgehead atoms. The molecule has 0 rings (SSSR count). The van der Waals surface area contributed by atoms with E-state index in [2.05, 4.69) is 18.7 Å². The lowest BCUT2D eigenvalue weighted by Crippen LogP contribution is -2.42. The van der Waals surface area contributed by atoms with Crippen molar-refractivity contribution in [3.8, 4) is 0 Å². The molecule has 0 heterocycles. The summed E-state index contributed by atoms with van der Waals surface area (Å²) in [4.78, 5) is 2.32. The van der Waals surface area contributed by atoms with Crippen molar-refractivity contribution < 1.29 is 14.6 Å². The van der Waals surface area contributed by atoms with Crippen molar-refractivity contribution in [3.05, 3.63) is 0 Å². The van der Waals surface area contributed by atoms with E-state index in [9.17, 15) is 5.11 Å². The third-order valence-corrected chi connectivity index (χ3v) is 3.62. The fourth-order valence-electron chi connectivity index (χ4n) is 1.93. The molecule has 1 N–H and O–H groups in total. The van der Waals surface area contributed by atoms with Crippen LogP contribution >= 0.6 is 0 Å². The molecule has 0 radical (unpaired) electrons. The number of methoxy groups -OCH3 is 2. The van der Waals surface area contributed by atoms with Crippen LogP contribution in [0.1, 0.15) is 26.7 Å². The molecule has 104 valence electrons. The van der Waals surface area contributed by atoms with E-state index < -0.39 is 0 Å². The van der Waals surface area contributed by atoms with Gasteiger partial charge in [0.05, 0.1) is 13.2 Å². The first-order chi connectivity index (χ1) is 8.17. The molecule has 0 aliphatic rings. The second kappa shape index (κ2) is 9.83. The van der Waals surface area contributed by atoms with Gasteiger partial charge in [-0.1, -0.05) is 13.8 Å². The Morgan fingerprint density at radius 3 is 1.76 bits per heavy atom. The number of hydrogen-bond acceptors (Lipinski definition) is 4. The molecule has 0 saturated heterocycles. The Bertz CT molecular complexity index is 156. The van der Waals surface area contributed by atoms with Gasteiger partial charge in [-0.3, -0.25) is 4.90 Å². The first-order valence-corrected chi connectivity index (χ1v) is 6.49. The third kappa shape index (κ3) is 6.36. The van der Waals surface area contributed by atoms with Crippen molar-refractivity contribution in [1.29, 1.82) is 0 Å². The van der Waals surface area contributed by atoms with E-state index in [1.54, 1.807) is 14.2 Å². The highest BCUT2D eigenvalue weighted by Gasteiger charge is 2.27. The standard InChI is InChI=1S/C13H29NO3/c1-5-13(6-2,12-15)11-14(7-9-16-3)8-10-17-4/h15H,5-12H2,1-4H3. The van der Waals surface area contributed by atoms with Crippen molar-refractivity contribution >= 4 is 0 Å². The highest BCUT2D eigenvalue weighted by atomic mass is 16.5. The van der Waals surface area contributed by atoms with Crippen molar-refractivity contribution in [2.45, 2.75) is 26.7 Å². The summed E-state index contributed by atoms with van der Waals surface area (Å²) in [7, 11) is 3.43. The monoisotopic (exact) mass is 247 g/mol. The summed E-state index contributed by atoms with van der Waals surface area (Å²) in [6.07, 6.45) is 1.99. The number of aliphatic hydroxyl groups is 1. The van der Waals surface area contributed by atoms with Gasteiger partial charge in [0.25, 0.3) is 0 Å². The van der Waals surface area contributed by atoms with Gasteiger partial charge in [-0.15, -0.1) is 0 Å². The Kier molecular flexibility index (Phi) is 9.74. The molecule has 0 aliphatic heterocycles. The van der Waals surface area contributed by atoms with Crippen molar-refractivity contribution in [2.75, 3.05) is 53.7 Å². The highest BCUT2D eigenvalue weighted by Crippen LogP contribution is 2.26. The maximum Gasteiger partial charge on any atom is 0.0589 e. The van der Waals surface area contributed by atoms with E-state index in [4.69, 9.17) is 9.47 Å². The van der Waals surface area contributed by atoms with E-state index in [0.29, 0.717) is 0 Å². The van der Waals surface area contributed by atoms with Crippen molar-refractivity contribution in [3.63, 3.8) is 0 Å². The molecule has 0 amide bonds. The van der Waals surface area contributed by atoms with Gasteiger partial charge in [-0.25, -0.2) is 0 Å². The average molecular weight is 247 g/mol. The average Bonchev–Trinajstić information content (AvgIpc) is 2.38. The van der Waals surface area contributed by atoms with Gasteiger partial charge < -0.3 is 14.6 Å². The minimum atomic E-state index is 0.0154. The Hall–Kier alpha value is -0.160. The summed E-state index contributed by atoms with van der Waals surface area (Å²) in [5.41, 5.74) is 0.0154. The lowest BCUT2D eigenvalue weighted by Gasteiger charge is -2.35. The molecule has 0 spiro atoms. The van der Waals surface area contributed by atoms with Gasteiger partial charge in [0.2, 0.25) is 0 Å². The molecule has 17 heavy (non-hydrogen) atoms. The third-order valence-electron chi connectivity index (χ3n) is 3.62. The van der Waals surface area contributed by atoms with Crippen LogP contribution in [-0.4, -0.2) is 63.7 Å². The fourth-order valence-corrected chi connectivity index (χ4v) is 1.93. The molecule has 0 aromatic rings. The number of nitrogens with zero attached hydrogens (tertiary/aromatic N) is 1. The minimum absolute atomic E-state index is 0.0154. The van der Waals surface area contributed by atoms with E-state index >= 15 is 0 Å². The van der Waals surface area contributed by atoms with E-state index in [1.807, 2.05) is 0 Å². The van der Waals surface area contributed by atoms with Crippen LogP contribution in [0.2, 0.25) is 0 Å². The Labute approximate surface area is 106 Å². The van der Waals surface area contributed by atoms with Gasteiger partial charge in [0.15, 0.2) is 0 Å². The molecule has 0 aliphatic carbocycles. The Morgan fingerprint density at radius 1 is 1.00 bits per heavy atom. The predicted octanol–water partition coefficient (Wildman–Crippen LogP) is 1.38. The SMILES string of the molecule is CCC(CC)(CO)CN(CCOC)CCOC. The molecule has 0 atom stereocenters. The number of hydrogen-bond donors (Lipinski definition) is 1. The first kappa shape index (κ1) is 16.8. The zero-order valence-corrected chi connectivity index (χ0v) is 11.9. The molecule has 4 heteroatoms. The lowest BCUT2D eigenvalue weighted by atomic mass is 9.82. The van der Waals surface area contributed by atoms with Gasteiger partial charge >= 0.3 is 0 Å². The zero-order valence-electron chi connectivity index (χ0n) is 11.9. The van der Waals surface area contributed by atoms with Crippen LogP contribution in [0, 0.1) is 5.41 Å². The van der Waals surface area contributed by atoms with Crippen molar-refractivity contribution in [1.82, 2.24) is 4.90 Å². The lowest BCUT2D eigenvalue weighted by molar-refractivity contribution is 0.0407. The molecule has 4 nitrogen and oxygen atoms in total. The Morgan fingerprint density at radius 2 is 1.47 bits per heavy atom. The van der Waals surface area contributed by atoms with Crippen molar-refractivity contribution in [2.24, 2.45) is 5.41 Å². The van der Waals surface area contributed by atoms with E-state index in [-0.39, 0.29) is 12.0 Å². The summed E-state index contributed by atoms with van der Waals surface area (Å²) < 4.78 is 10.2. The van der Waals surface area contributed by atoms with Crippen LogP contribution in [0.3, 0.4) is 0 Å². The topological polar surface area (TPSA) is 41.9 Å². The molecule has 0 aromatic heterocycles. The second-order valence-corrected chi connectivity index (χ2v) is 4.63. The summed E-state index contributed by atoms with van der Waals surface area (Å²) >= 11 is 0. The van der Waals surface area contributed by atoms with Crippen LogP contribution in [-0.2, 0) is 9.47 Å². The number of ether oxygens (including phenoxy) is 2. The van der Waals surface area contributed by atoms with Gasteiger partial charge in [0, 0.05) is 45.9 Å². The zero-order chi connectivity index (χ0) is 13.1. The normalized spacial score (nSPS) is 12.4. The molecular formula is C13H29NO3. The molecule has 0 aromatic carbocycles. The molecular weight excluding hydrogens is 218 g/mol. The van der Waals surface area contributed by atoms with Crippen LogP contribution in [0.5, 0.6) is 0 Å². The van der Waals surface area contributed by atoms with Crippen LogP contribution < -0.4 is 0 Å². The largest absolute Gasteiger partial charge is 0.396 e. The smallest absolute Gasteiger partial charge is 0.0589 e.